The lowest BCUT2D eigenvalue weighted by molar-refractivity contribution is -0.0941. The Morgan fingerprint density at radius 3 is 2.36 bits per heavy atom. The Kier molecular flexibility index (Phi) is 8.00. The van der Waals surface area contributed by atoms with E-state index in [-0.39, 0.29) is 31.0 Å². The van der Waals surface area contributed by atoms with Crippen LogP contribution in [0.25, 0.3) is 22.7 Å². The monoisotopic (exact) mass is 509 g/mol. The van der Waals surface area contributed by atoms with Crippen molar-refractivity contribution in [2.45, 2.75) is 65.2 Å². The molecule has 0 aliphatic carbocycles. The van der Waals surface area contributed by atoms with Crippen LogP contribution in [0.3, 0.4) is 0 Å². The number of hydrogen-bond acceptors (Lipinski definition) is 2. The van der Waals surface area contributed by atoms with Gasteiger partial charge < -0.3 is 4.57 Å². The minimum atomic E-state index is -5.00. The summed E-state index contributed by atoms with van der Waals surface area (Å²) >= 11 is 0. The normalized spacial score (nSPS) is 17.3. The molecule has 36 heavy (non-hydrogen) atoms. The number of hydrogen-bond donors (Lipinski definition) is 0. The molecule has 0 bridgehead atoms. The van der Waals surface area contributed by atoms with E-state index in [9.17, 15) is 26.3 Å². The van der Waals surface area contributed by atoms with Gasteiger partial charge in [0.15, 0.2) is 0 Å². The van der Waals surface area contributed by atoms with Gasteiger partial charge in [-0.2, -0.15) is 26.3 Å². The molecular formula is C27H29F6N3. The summed E-state index contributed by atoms with van der Waals surface area (Å²) in [7, 11) is 1.83. The summed E-state index contributed by atoms with van der Waals surface area (Å²) in [6.45, 7) is 9.59. The van der Waals surface area contributed by atoms with Gasteiger partial charge in [0, 0.05) is 30.3 Å². The van der Waals surface area contributed by atoms with E-state index in [1.807, 2.05) is 49.7 Å². The molecule has 0 radical (unpaired) electrons. The van der Waals surface area contributed by atoms with Gasteiger partial charge in [0.05, 0.1) is 11.0 Å². The lowest BCUT2D eigenvalue weighted by Crippen LogP contribution is -2.25. The Balaban J connectivity index is 2.02. The van der Waals surface area contributed by atoms with Crippen molar-refractivity contribution in [2.75, 3.05) is 0 Å². The lowest BCUT2D eigenvalue weighted by Gasteiger charge is -2.19. The maximum absolute atomic E-state index is 13.5. The second kappa shape index (κ2) is 10.5. The fourth-order valence-corrected chi connectivity index (χ4v) is 4.23. The SMILES string of the molecule is C=C(CC)c1ccc2c(nc(CCC3=C(C)CC/C(C(F)(F)F)=C\C(C(F)(F)F)=N3)n2C)c1C=CC. The van der Waals surface area contributed by atoms with Crippen molar-refractivity contribution in [3.05, 3.63) is 64.7 Å². The molecule has 3 rings (SSSR count). The van der Waals surface area contributed by atoms with Gasteiger partial charge in [-0.3, -0.25) is 0 Å². The van der Waals surface area contributed by atoms with Crippen molar-refractivity contribution in [1.29, 1.82) is 0 Å². The van der Waals surface area contributed by atoms with Crippen molar-refractivity contribution in [1.82, 2.24) is 9.55 Å². The molecule has 0 spiro atoms. The average molecular weight is 510 g/mol. The predicted molar refractivity (Wildman–Crippen MR) is 133 cm³/mol. The minimum Gasteiger partial charge on any atom is -0.331 e. The van der Waals surface area contributed by atoms with Gasteiger partial charge in [-0.1, -0.05) is 37.3 Å². The molecule has 1 aromatic carbocycles. The zero-order chi connectivity index (χ0) is 26.8. The van der Waals surface area contributed by atoms with E-state index >= 15 is 0 Å². The number of aromatic nitrogens is 2. The maximum atomic E-state index is 13.5. The van der Waals surface area contributed by atoms with Crippen LogP contribution in [0.1, 0.15) is 63.4 Å². The van der Waals surface area contributed by atoms with E-state index in [4.69, 9.17) is 4.98 Å². The van der Waals surface area contributed by atoms with Crippen LogP contribution in [0.4, 0.5) is 26.3 Å². The summed E-state index contributed by atoms with van der Waals surface area (Å²) in [5, 5.41) is 0. The van der Waals surface area contributed by atoms with Crippen LogP contribution in [0, 0.1) is 0 Å². The summed E-state index contributed by atoms with van der Waals surface area (Å²) in [6, 6.07) is 3.93. The number of nitrogens with zero attached hydrogens (tertiary/aromatic N) is 3. The largest absolute Gasteiger partial charge is 0.433 e. The topological polar surface area (TPSA) is 30.2 Å². The van der Waals surface area contributed by atoms with Gasteiger partial charge >= 0.3 is 12.4 Å². The number of benzene rings is 1. The van der Waals surface area contributed by atoms with Gasteiger partial charge in [0.25, 0.3) is 0 Å². The molecule has 2 aromatic rings. The molecule has 0 unspecified atom stereocenters. The summed E-state index contributed by atoms with van der Waals surface area (Å²) < 4.78 is 82.1. The van der Waals surface area contributed by atoms with Crippen LogP contribution in [0.5, 0.6) is 0 Å². The van der Waals surface area contributed by atoms with Crippen molar-refractivity contribution < 1.29 is 26.3 Å². The number of fused-ring (bicyclic) bond motifs is 1. The Morgan fingerprint density at radius 1 is 1.08 bits per heavy atom. The zero-order valence-electron chi connectivity index (χ0n) is 20.7. The zero-order valence-corrected chi connectivity index (χ0v) is 20.7. The third kappa shape index (κ3) is 5.82. The number of aliphatic imine (C=N–C) groups is 1. The Hall–Kier alpha value is -3.10. The first-order valence-electron chi connectivity index (χ1n) is 11.7. The highest BCUT2D eigenvalue weighted by molar-refractivity contribution is 6.01. The third-order valence-electron chi connectivity index (χ3n) is 6.39. The standard InChI is InChI=1S/C27H29F6N3/c1-6-8-20-19(16(3)7-2)11-13-22-25(20)35-24(36(22)5)14-12-21-17(4)9-10-18(26(28,29)30)15-23(34-21)27(31,32)33/h6,8,11,13,15H,3,7,9-10,12,14H2,1-2,4-5H3/b8-6?,18-15+,21-17?,34-23?. The molecule has 0 saturated heterocycles. The van der Waals surface area contributed by atoms with Gasteiger partial charge in [0.1, 0.15) is 11.5 Å². The highest BCUT2D eigenvalue weighted by atomic mass is 19.4. The van der Waals surface area contributed by atoms with E-state index in [0.717, 1.165) is 34.2 Å². The predicted octanol–water partition coefficient (Wildman–Crippen LogP) is 8.52. The molecule has 0 saturated carbocycles. The molecule has 0 atom stereocenters. The molecule has 1 aromatic heterocycles. The van der Waals surface area contributed by atoms with Crippen LogP contribution in [0.15, 0.2) is 52.7 Å². The molecule has 3 nitrogen and oxygen atoms in total. The molecule has 2 heterocycles. The summed E-state index contributed by atoms with van der Waals surface area (Å²) in [5.41, 5.74) is 2.28. The number of alkyl halides is 6. The van der Waals surface area contributed by atoms with Gasteiger partial charge in [-0.05, 0) is 62.8 Å². The lowest BCUT2D eigenvalue weighted by atomic mass is 9.97. The summed E-state index contributed by atoms with van der Waals surface area (Å²) in [6.07, 6.45) is -5.23. The Labute approximate surface area is 206 Å². The van der Waals surface area contributed by atoms with Crippen LogP contribution in [0.2, 0.25) is 0 Å². The van der Waals surface area contributed by atoms with Crippen LogP contribution >= 0.6 is 0 Å². The number of allylic oxidation sites excluding steroid dienone is 6. The van der Waals surface area contributed by atoms with E-state index in [1.165, 1.54) is 6.92 Å². The van der Waals surface area contributed by atoms with Crippen LogP contribution < -0.4 is 0 Å². The Morgan fingerprint density at radius 2 is 1.78 bits per heavy atom. The second-order valence-electron chi connectivity index (χ2n) is 8.83. The molecule has 1 aliphatic heterocycles. The number of rotatable bonds is 6. The van der Waals surface area contributed by atoms with Crippen LogP contribution in [-0.4, -0.2) is 27.6 Å². The quantitative estimate of drug-likeness (QED) is 0.359. The first-order chi connectivity index (χ1) is 16.8. The van der Waals surface area contributed by atoms with Gasteiger partial charge in [0.2, 0.25) is 0 Å². The van der Waals surface area contributed by atoms with Crippen molar-refractivity contribution in [3.8, 4) is 0 Å². The number of imidazole rings is 1. The fraction of sp³-hybridized carbons (Fsp3) is 0.407. The minimum absolute atomic E-state index is 0.0220. The second-order valence-corrected chi connectivity index (χ2v) is 8.83. The smallest absolute Gasteiger partial charge is 0.331 e. The molecule has 9 heteroatoms. The molecule has 0 N–H and O–H groups in total. The van der Waals surface area contributed by atoms with Crippen molar-refractivity contribution in [3.63, 3.8) is 0 Å². The van der Waals surface area contributed by atoms with Gasteiger partial charge in [-0.15, -0.1) is 0 Å². The Bertz CT molecular complexity index is 1280. The number of aryl methyl sites for hydroxylation is 2. The first kappa shape index (κ1) is 27.5. The molecule has 0 fully saturated rings. The van der Waals surface area contributed by atoms with E-state index in [2.05, 4.69) is 11.6 Å². The fourth-order valence-electron chi connectivity index (χ4n) is 4.23. The summed E-state index contributed by atoms with van der Waals surface area (Å²) in [5.74, 6) is 0.646. The van der Waals surface area contributed by atoms with E-state index in [0.29, 0.717) is 11.4 Å². The molecule has 1 aliphatic rings. The van der Waals surface area contributed by atoms with Crippen molar-refractivity contribution >= 4 is 28.4 Å². The highest BCUT2D eigenvalue weighted by Gasteiger charge is 2.40. The third-order valence-corrected chi connectivity index (χ3v) is 6.39. The van der Waals surface area contributed by atoms with E-state index in [1.54, 1.807) is 0 Å². The van der Waals surface area contributed by atoms with Gasteiger partial charge in [-0.25, -0.2) is 9.98 Å². The molecule has 0 amide bonds. The first-order valence-corrected chi connectivity index (χ1v) is 11.7. The number of halogens is 6. The van der Waals surface area contributed by atoms with Crippen molar-refractivity contribution in [2.24, 2.45) is 12.0 Å². The highest BCUT2D eigenvalue weighted by Crippen LogP contribution is 2.35. The summed E-state index contributed by atoms with van der Waals surface area (Å²) in [4.78, 5) is 8.47. The average Bonchev–Trinajstić information content (AvgIpc) is 3.10. The van der Waals surface area contributed by atoms with E-state index < -0.39 is 30.1 Å². The maximum Gasteiger partial charge on any atom is 0.433 e. The van der Waals surface area contributed by atoms with Crippen LogP contribution in [-0.2, 0) is 13.5 Å². The molecule has 194 valence electrons. The molecular weight excluding hydrogens is 480 g/mol.